The van der Waals surface area contributed by atoms with Crippen LogP contribution in [0.3, 0.4) is 0 Å². The molecule has 3 aromatic rings. The van der Waals surface area contributed by atoms with Crippen molar-refractivity contribution in [1.29, 1.82) is 0 Å². The third-order valence-electron chi connectivity index (χ3n) is 8.15. The van der Waals surface area contributed by atoms with E-state index in [0.29, 0.717) is 45.2 Å². The Morgan fingerprint density at radius 2 is 1.72 bits per heavy atom. The molecule has 1 aliphatic heterocycles. The molecule has 1 aromatic carbocycles. The molecule has 47 heavy (non-hydrogen) atoms. The van der Waals surface area contributed by atoms with Gasteiger partial charge in [-0.3, -0.25) is 10.1 Å². The number of rotatable bonds is 10. The van der Waals surface area contributed by atoms with Crippen LogP contribution in [0.15, 0.2) is 30.5 Å². The average molecular weight is 676 g/mol. The van der Waals surface area contributed by atoms with Crippen molar-refractivity contribution in [3.63, 3.8) is 0 Å². The van der Waals surface area contributed by atoms with Crippen LogP contribution in [0.1, 0.15) is 79.9 Å². The summed E-state index contributed by atoms with van der Waals surface area (Å²) in [6, 6.07) is 6.52. The molecule has 10 nitrogen and oxygen atoms in total. The van der Waals surface area contributed by atoms with Gasteiger partial charge in [0.1, 0.15) is 18.1 Å². The molecule has 1 saturated heterocycles. The topological polar surface area (TPSA) is 108 Å². The first-order valence-corrected chi connectivity index (χ1v) is 19.8. The molecule has 256 valence electrons. The number of nitrogens with zero attached hydrogens (tertiary/aromatic N) is 4. The Balaban J connectivity index is 1.33. The summed E-state index contributed by atoms with van der Waals surface area (Å²) in [5.74, 6) is -0.378. The fourth-order valence-corrected chi connectivity index (χ4v) is 6.37. The summed E-state index contributed by atoms with van der Waals surface area (Å²) in [5, 5.41) is 8.43. The van der Waals surface area contributed by atoms with E-state index in [1.165, 1.54) is 11.6 Å². The zero-order valence-corrected chi connectivity index (χ0v) is 28.9. The summed E-state index contributed by atoms with van der Waals surface area (Å²) in [7, 11) is -1.24. The van der Waals surface area contributed by atoms with E-state index >= 15 is 0 Å². The molecule has 0 spiro atoms. The zero-order valence-electron chi connectivity index (χ0n) is 27.9. The first kappa shape index (κ1) is 34.7. The predicted octanol–water partition coefficient (Wildman–Crippen LogP) is 7.89. The number of alkyl halides is 3. The molecule has 2 aromatic heterocycles. The van der Waals surface area contributed by atoms with Crippen molar-refractivity contribution in [1.82, 2.24) is 19.7 Å². The fraction of sp³-hybridized carbons (Fsp3) is 0.576. The Kier molecular flexibility index (Phi) is 9.93. The summed E-state index contributed by atoms with van der Waals surface area (Å²) in [6.45, 7) is 13.7. The number of benzene rings is 1. The monoisotopic (exact) mass is 675 g/mol. The smallest absolute Gasteiger partial charge is 0.444 e. The number of hydrogen-bond donors (Lipinski definition) is 1. The summed E-state index contributed by atoms with van der Waals surface area (Å²) >= 11 is 0. The number of pyridine rings is 1. The highest BCUT2D eigenvalue weighted by Crippen LogP contribution is 2.42. The van der Waals surface area contributed by atoms with Crippen LogP contribution in [0.25, 0.3) is 11.0 Å². The van der Waals surface area contributed by atoms with Gasteiger partial charge in [0.15, 0.2) is 5.65 Å². The lowest BCUT2D eigenvalue weighted by atomic mass is 9.91. The minimum absolute atomic E-state index is 0.0345. The Morgan fingerprint density at radius 3 is 2.34 bits per heavy atom. The summed E-state index contributed by atoms with van der Waals surface area (Å²) < 4.78 is 56.0. The van der Waals surface area contributed by atoms with Gasteiger partial charge in [0.2, 0.25) is 0 Å². The van der Waals surface area contributed by atoms with Gasteiger partial charge in [-0.1, -0.05) is 19.6 Å². The molecule has 1 aliphatic carbocycles. The Hall–Kier alpha value is -3.65. The highest BCUT2D eigenvalue weighted by atomic mass is 28.3. The van der Waals surface area contributed by atoms with Gasteiger partial charge in [0, 0.05) is 51.3 Å². The molecule has 2 fully saturated rings. The number of carbonyl (C=O) groups excluding carboxylic acids is 2. The Bertz CT molecular complexity index is 1600. The lowest BCUT2D eigenvalue weighted by molar-refractivity contribution is -0.274. The van der Waals surface area contributed by atoms with Gasteiger partial charge in [-0.25, -0.2) is 14.5 Å². The quantitative estimate of drug-likeness (QED) is 0.172. The number of nitrogens with one attached hydrogen (secondary N) is 1. The summed E-state index contributed by atoms with van der Waals surface area (Å²) in [5.41, 5.74) is 1.99. The minimum atomic E-state index is -4.94. The number of ether oxygens (including phenoxy) is 3. The van der Waals surface area contributed by atoms with E-state index in [-0.39, 0.29) is 17.2 Å². The van der Waals surface area contributed by atoms with E-state index in [0.717, 1.165) is 47.7 Å². The molecule has 1 saturated carbocycles. The van der Waals surface area contributed by atoms with Crippen LogP contribution in [0.5, 0.6) is 5.75 Å². The summed E-state index contributed by atoms with van der Waals surface area (Å²) in [6.07, 6.45) is -0.323. The largest absolute Gasteiger partial charge is 0.573 e. The molecule has 1 N–H and O–H groups in total. The minimum Gasteiger partial charge on any atom is -0.444 e. The molecule has 3 heterocycles. The predicted molar refractivity (Wildman–Crippen MR) is 174 cm³/mol. The van der Waals surface area contributed by atoms with E-state index < -0.39 is 37.8 Å². The maximum absolute atomic E-state index is 13.7. The van der Waals surface area contributed by atoms with Crippen LogP contribution in [-0.2, 0) is 16.2 Å². The Morgan fingerprint density at radius 1 is 1.02 bits per heavy atom. The maximum atomic E-state index is 13.7. The van der Waals surface area contributed by atoms with Gasteiger partial charge in [0.05, 0.1) is 16.9 Å². The van der Waals surface area contributed by atoms with Crippen LogP contribution in [-0.4, -0.2) is 71.4 Å². The van der Waals surface area contributed by atoms with Crippen LogP contribution in [0, 0.1) is 0 Å². The van der Waals surface area contributed by atoms with Gasteiger partial charge < -0.3 is 19.1 Å². The summed E-state index contributed by atoms with van der Waals surface area (Å²) in [4.78, 5) is 32.7. The van der Waals surface area contributed by atoms with Crippen molar-refractivity contribution >= 4 is 36.8 Å². The lowest BCUT2D eigenvalue weighted by Crippen LogP contribution is -2.38. The van der Waals surface area contributed by atoms with Crippen molar-refractivity contribution < 1.29 is 37.0 Å². The number of piperidine rings is 1. The standard InChI is InChI=1S/C33H44F3N5O5Si/c1-32(2,3)46-31(43)38-27-18-24(45-33(34,35)36)9-10-25(27)30(42)40-13-11-22(12-14-40)28-26-17-23(21-7-8-21)19-37-29(26)41(39-28)20-44-15-16-47(4,5)6/h9-10,17-19,21-22H,7-8,11-16,20H2,1-6H3,(H,38,43). The van der Waals surface area contributed by atoms with Crippen LogP contribution >= 0.6 is 0 Å². The second-order valence-corrected chi connectivity index (χ2v) is 20.2. The molecule has 0 unspecified atom stereocenters. The van der Waals surface area contributed by atoms with Crippen molar-refractivity contribution in [2.24, 2.45) is 0 Å². The van der Waals surface area contributed by atoms with Gasteiger partial charge in [0.25, 0.3) is 5.91 Å². The number of carbonyl (C=O) groups is 2. The number of aromatic nitrogens is 3. The van der Waals surface area contributed by atoms with Crippen molar-refractivity contribution in [2.45, 2.75) is 103 Å². The van der Waals surface area contributed by atoms with Gasteiger partial charge in [-0.05, 0) is 82.2 Å². The van der Waals surface area contributed by atoms with E-state index in [9.17, 15) is 22.8 Å². The van der Waals surface area contributed by atoms with Crippen molar-refractivity contribution in [2.75, 3.05) is 25.0 Å². The molecule has 0 bridgehead atoms. The number of halogens is 3. The second kappa shape index (κ2) is 13.5. The number of hydrogen-bond acceptors (Lipinski definition) is 7. The Labute approximate surface area is 274 Å². The lowest BCUT2D eigenvalue weighted by Gasteiger charge is -2.32. The molecular weight excluding hydrogens is 631 g/mol. The molecule has 0 atom stereocenters. The first-order valence-electron chi connectivity index (χ1n) is 16.1. The normalized spacial score (nSPS) is 16.4. The molecule has 2 aliphatic rings. The molecule has 2 amide bonds. The molecular formula is C33H44F3N5O5Si. The SMILES string of the molecule is CC(C)(C)OC(=O)Nc1cc(OC(F)(F)F)ccc1C(=O)N1CCC(c2nn(COCC[Si](C)(C)C)c3ncc(C4CC4)cc23)CC1. The number of amides is 2. The second-order valence-electron chi connectivity index (χ2n) is 14.6. The highest BCUT2D eigenvalue weighted by Gasteiger charge is 2.34. The number of anilines is 1. The van der Waals surface area contributed by atoms with E-state index in [2.05, 4.69) is 35.8 Å². The van der Waals surface area contributed by atoms with Crippen molar-refractivity contribution in [3.8, 4) is 5.75 Å². The zero-order chi connectivity index (χ0) is 34.1. The third-order valence-corrected chi connectivity index (χ3v) is 9.86. The number of fused-ring (bicyclic) bond motifs is 1. The maximum Gasteiger partial charge on any atom is 0.573 e. The van der Waals surface area contributed by atoms with Crippen molar-refractivity contribution in [3.05, 3.63) is 47.3 Å². The first-order chi connectivity index (χ1) is 22.0. The average Bonchev–Trinajstić information content (AvgIpc) is 3.74. The van der Waals surface area contributed by atoms with E-state index in [1.807, 2.05) is 10.9 Å². The van der Waals surface area contributed by atoms with Gasteiger partial charge in [-0.2, -0.15) is 5.10 Å². The van der Waals surface area contributed by atoms with Gasteiger partial charge >= 0.3 is 12.5 Å². The number of likely N-dealkylation sites (tertiary alicyclic amines) is 1. The van der Waals surface area contributed by atoms with E-state index in [1.54, 1.807) is 25.7 Å². The van der Waals surface area contributed by atoms with Crippen LogP contribution < -0.4 is 10.1 Å². The fourth-order valence-electron chi connectivity index (χ4n) is 5.61. The third kappa shape index (κ3) is 9.46. The molecule has 0 radical (unpaired) electrons. The molecule has 5 rings (SSSR count). The van der Waals surface area contributed by atoms with Gasteiger partial charge in [-0.15, -0.1) is 13.2 Å². The van der Waals surface area contributed by atoms with Crippen LogP contribution in [0.4, 0.5) is 23.7 Å². The highest BCUT2D eigenvalue weighted by molar-refractivity contribution is 6.76. The molecule has 14 heteroatoms. The van der Waals surface area contributed by atoms with Crippen LogP contribution in [0.2, 0.25) is 25.7 Å². The van der Waals surface area contributed by atoms with E-state index in [4.69, 9.17) is 19.6 Å².